The van der Waals surface area contributed by atoms with Crippen molar-refractivity contribution in [3.8, 4) is 0 Å². The fourth-order valence-electron chi connectivity index (χ4n) is 4.40. The van der Waals surface area contributed by atoms with E-state index in [0.717, 1.165) is 88.5 Å². The molecule has 0 saturated carbocycles. The van der Waals surface area contributed by atoms with Crippen molar-refractivity contribution in [2.45, 2.75) is 31.9 Å². The van der Waals surface area contributed by atoms with Crippen molar-refractivity contribution < 1.29 is 9.47 Å². The average Bonchev–Trinajstić information content (AvgIpc) is 2.84. The predicted octanol–water partition coefficient (Wildman–Crippen LogP) is 1.28. The Labute approximate surface area is 177 Å². The molecule has 0 bridgehead atoms. The lowest BCUT2D eigenvalue weighted by Crippen LogP contribution is -2.47. The van der Waals surface area contributed by atoms with Gasteiger partial charge in [-0.1, -0.05) is 0 Å². The molecule has 0 aliphatic carbocycles. The third kappa shape index (κ3) is 4.04. The maximum Gasteiger partial charge on any atom is 0.227 e. The first-order valence-corrected chi connectivity index (χ1v) is 10.8. The molecule has 0 spiro atoms. The molecule has 2 aromatic rings. The fraction of sp³-hybridized carbons (Fsp3) is 0.619. The van der Waals surface area contributed by atoms with Crippen LogP contribution in [0.25, 0.3) is 0 Å². The van der Waals surface area contributed by atoms with Crippen molar-refractivity contribution >= 4 is 17.6 Å². The van der Waals surface area contributed by atoms with E-state index in [9.17, 15) is 0 Å². The molecule has 3 aliphatic heterocycles. The molecule has 2 saturated heterocycles. The van der Waals surface area contributed by atoms with Crippen molar-refractivity contribution in [1.29, 1.82) is 0 Å². The summed E-state index contributed by atoms with van der Waals surface area (Å²) < 4.78 is 11.1. The van der Waals surface area contributed by atoms with E-state index in [1.807, 2.05) is 12.3 Å². The molecular formula is C21H29N7O2. The quantitative estimate of drug-likeness (QED) is 0.739. The number of nitrogens with zero attached hydrogens (tertiary/aromatic N) is 7. The molecule has 0 aromatic carbocycles. The van der Waals surface area contributed by atoms with E-state index in [0.29, 0.717) is 12.6 Å². The lowest BCUT2D eigenvalue weighted by molar-refractivity contribution is 0.109. The summed E-state index contributed by atoms with van der Waals surface area (Å²) in [4.78, 5) is 16.2. The van der Waals surface area contributed by atoms with Crippen LogP contribution in [0.4, 0.5) is 17.6 Å². The van der Waals surface area contributed by atoms with Gasteiger partial charge in [-0.2, -0.15) is 10.1 Å². The van der Waals surface area contributed by atoms with Crippen molar-refractivity contribution in [1.82, 2.24) is 20.2 Å². The highest BCUT2D eigenvalue weighted by Gasteiger charge is 2.27. The van der Waals surface area contributed by atoms with Crippen LogP contribution >= 0.6 is 0 Å². The third-order valence-electron chi connectivity index (χ3n) is 6.23. The first-order valence-electron chi connectivity index (χ1n) is 10.8. The summed E-state index contributed by atoms with van der Waals surface area (Å²) in [6.07, 6.45) is 4.93. The minimum absolute atomic E-state index is 0.327. The van der Waals surface area contributed by atoms with Gasteiger partial charge in [0.05, 0.1) is 32.1 Å². The highest BCUT2D eigenvalue weighted by molar-refractivity contribution is 5.46. The summed E-state index contributed by atoms with van der Waals surface area (Å²) in [5.41, 5.74) is 2.24. The number of morpholine rings is 1. The van der Waals surface area contributed by atoms with E-state index < -0.39 is 0 Å². The topological polar surface area (TPSA) is 79.7 Å². The molecule has 5 rings (SSSR count). The van der Waals surface area contributed by atoms with Gasteiger partial charge in [-0.15, -0.1) is 5.10 Å². The fourth-order valence-corrected chi connectivity index (χ4v) is 4.40. The number of aromatic nitrogens is 4. The van der Waals surface area contributed by atoms with Crippen LogP contribution in [0.5, 0.6) is 0 Å². The first-order chi connectivity index (χ1) is 14.8. The van der Waals surface area contributed by atoms with E-state index in [1.165, 1.54) is 5.56 Å². The second-order valence-electron chi connectivity index (χ2n) is 8.14. The van der Waals surface area contributed by atoms with Crippen LogP contribution in [0, 0.1) is 0 Å². The SMILES string of the molecule is CN(c1nccc(N2CCOCC2)n1)C1CCCN(c2cc3c(nn2)CCOC3)C1. The zero-order valence-electron chi connectivity index (χ0n) is 17.5. The van der Waals surface area contributed by atoms with Crippen LogP contribution in [-0.2, 0) is 22.5 Å². The lowest BCUT2D eigenvalue weighted by atomic mass is 10.0. The predicted molar refractivity (Wildman–Crippen MR) is 114 cm³/mol. The standard InChI is InChI=1S/C21H29N7O2/c1-26(21-22-6-4-19(23-21)27-8-11-29-12-9-27)17-3-2-7-28(14-17)20-13-16-15-30-10-5-18(16)24-25-20/h4,6,13,17H,2-3,5,7-12,14-15H2,1H3. The van der Waals surface area contributed by atoms with E-state index in [4.69, 9.17) is 14.5 Å². The number of ether oxygens (including phenoxy) is 2. The summed E-state index contributed by atoms with van der Waals surface area (Å²) >= 11 is 0. The minimum Gasteiger partial charge on any atom is -0.378 e. The van der Waals surface area contributed by atoms with Crippen molar-refractivity contribution in [3.05, 3.63) is 29.6 Å². The van der Waals surface area contributed by atoms with Gasteiger partial charge < -0.3 is 24.2 Å². The van der Waals surface area contributed by atoms with Gasteiger partial charge in [-0.25, -0.2) is 4.98 Å². The van der Waals surface area contributed by atoms with Crippen molar-refractivity contribution in [2.24, 2.45) is 0 Å². The molecule has 1 atom stereocenters. The van der Waals surface area contributed by atoms with Gasteiger partial charge in [0, 0.05) is 57.4 Å². The maximum atomic E-state index is 5.59. The molecule has 9 nitrogen and oxygen atoms in total. The molecule has 2 aromatic heterocycles. The molecular weight excluding hydrogens is 382 g/mol. The number of hydrogen-bond acceptors (Lipinski definition) is 9. The van der Waals surface area contributed by atoms with Crippen molar-refractivity contribution in [2.75, 3.05) is 67.7 Å². The van der Waals surface area contributed by atoms with E-state index >= 15 is 0 Å². The zero-order chi connectivity index (χ0) is 20.3. The van der Waals surface area contributed by atoms with Gasteiger partial charge in [-0.05, 0) is 25.0 Å². The van der Waals surface area contributed by atoms with Gasteiger partial charge in [0.25, 0.3) is 0 Å². The molecule has 0 N–H and O–H groups in total. The van der Waals surface area contributed by atoms with E-state index in [1.54, 1.807) is 0 Å². The molecule has 0 amide bonds. The van der Waals surface area contributed by atoms with Gasteiger partial charge >= 0.3 is 0 Å². The zero-order valence-corrected chi connectivity index (χ0v) is 17.5. The number of likely N-dealkylation sites (N-methyl/N-ethyl adjacent to an activating group) is 1. The maximum absolute atomic E-state index is 5.59. The Bertz CT molecular complexity index is 874. The summed E-state index contributed by atoms with van der Waals surface area (Å²) in [6, 6.07) is 4.47. The number of piperidine rings is 1. The summed E-state index contributed by atoms with van der Waals surface area (Å²) in [6.45, 7) is 6.50. The lowest BCUT2D eigenvalue weighted by Gasteiger charge is -2.38. The van der Waals surface area contributed by atoms with Crippen LogP contribution in [0.15, 0.2) is 18.3 Å². The Morgan fingerprint density at radius 2 is 1.93 bits per heavy atom. The Morgan fingerprint density at radius 3 is 2.83 bits per heavy atom. The number of anilines is 3. The number of hydrogen-bond donors (Lipinski definition) is 0. The van der Waals surface area contributed by atoms with Gasteiger partial charge in [0.1, 0.15) is 5.82 Å². The monoisotopic (exact) mass is 411 g/mol. The van der Waals surface area contributed by atoms with Crippen LogP contribution in [0.2, 0.25) is 0 Å². The normalized spacial score (nSPS) is 22.0. The van der Waals surface area contributed by atoms with Gasteiger partial charge in [0.15, 0.2) is 5.82 Å². The Balaban J connectivity index is 1.30. The van der Waals surface area contributed by atoms with Crippen molar-refractivity contribution in [3.63, 3.8) is 0 Å². The summed E-state index contributed by atoms with van der Waals surface area (Å²) in [5, 5.41) is 8.97. The summed E-state index contributed by atoms with van der Waals surface area (Å²) in [5.74, 6) is 2.69. The Morgan fingerprint density at radius 1 is 1.03 bits per heavy atom. The van der Waals surface area contributed by atoms with Crippen LogP contribution in [0.3, 0.4) is 0 Å². The second-order valence-corrected chi connectivity index (χ2v) is 8.14. The number of rotatable bonds is 4. The number of fused-ring (bicyclic) bond motifs is 1. The minimum atomic E-state index is 0.327. The third-order valence-corrected chi connectivity index (χ3v) is 6.23. The molecule has 2 fully saturated rings. The van der Waals surface area contributed by atoms with Crippen LogP contribution < -0.4 is 14.7 Å². The summed E-state index contributed by atoms with van der Waals surface area (Å²) in [7, 11) is 2.10. The Hall–Kier alpha value is -2.52. The highest BCUT2D eigenvalue weighted by atomic mass is 16.5. The molecule has 1 unspecified atom stereocenters. The van der Waals surface area contributed by atoms with Crippen LogP contribution in [-0.4, -0.2) is 79.3 Å². The largest absolute Gasteiger partial charge is 0.378 e. The second kappa shape index (κ2) is 8.69. The highest BCUT2D eigenvalue weighted by Crippen LogP contribution is 2.25. The molecule has 3 aliphatic rings. The molecule has 5 heterocycles. The van der Waals surface area contributed by atoms with E-state index in [2.05, 4.69) is 43.0 Å². The molecule has 160 valence electrons. The molecule has 9 heteroatoms. The van der Waals surface area contributed by atoms with Crippen LogP contribution in [0.1, 0.15) is 24.1 Å². The Kier molecular flexibility index (Phi) is 5.63. The first kappa shape index (κ1) is 19.4. The van der Waals surface area contributed by atoms with Gasteiger partial charge in [-0.3, -0.25) is 0 Å². The van der Waals surface area contributed by atoms with E-state index in [-0.39, 0.29) is 0 Å². The van der Waals surface area contributed by atoms with Gasteiger partial charge in [0.2, 0.25) is 5.95 Å². The molecule has 0 radical (unpaired) electrons. The molecule has 30 heavy (non-hydrogen) atoms. The smallest absolute Gasteiger partial charge is 0.227 e. The average molecular weight is 412 g/mol.